The Bertz CT molecular complexity index is 1010. The van der Waals surface area contributed by atoms with Crippen molar-refractivity contribution in [1.82, 2.24) is 9.97 Å². The van der Waals surface area contributed by atoms with Crippen LogP contribution in [0.25, 0.3) is 10.9 Å². The number of fused-ring (bicyclic) bond motifs is 1. The first-order chi connectivity index (χ1) is 13.3. The van der Waals surface area contributed by atoms with Gasteiger partial charge in [0.15, 0.2) is 0 Å². The van der Waals surface area contributed by atoms with Crippen LogP contribution in [0.5, 0.6) is 0 Å². The topological polar surface area (TPSA) is 92.9 Å². The largest absolute Gasteiger partial charge is 0.340 e. The van der Waals surface area contributed by atoms with E-state index in [-0.39, 0.29) is 10.9 Å². The minimum atomic E-state index is -0.582. The molecule has 0 bridgehead atoms. The molecule has 0 unspecified atom stereocenters. The number of amides is 1. The highest BCUT2D eigenvalue weighted by Gasteiger charge is 2.16. The number of nitrogens with one attached hydrogen (secondary N) is 2. The van der Waals surface area contributed by atoms with Crippen molar-refractivity contribution >= 4 is 45.6 Å². The molecule has 0 spiro atoms. The fourth-order valence-corrected chi connectivity index (χ4v) is 2.98. The number of aromatic nitrogens is 2. The average molecular weight is 402 g/mol. The number of nitrogens with zero attached hydrogens (tertiary/aromatic N) is 2. The molecule has 2 aromatic carbocycles. The normalized spacial score (nSPS) is 12.2. The summed E-state index contributed by atoms with van der Waals surface area (Å²) in [7, 11) is 0. The Kier molecular flexibility index (Phi) is 6.06. The summed E-state index contributed by atoms with van der Waals surface area (Å²) in [5.74, 6) is 0.0894. The van der Waals surface area contributed by atoms with Gasteiger partial charge in [0.1, 0.15) is 18.0 Å². The van der Waals surface area contributed by atoms with Gasteiger partial charge in [0, 0.05) is 16.8 Å². The molecule has 8 heteroatoms. The third-order valence-electron chi connectivity index (χ3n) is 4.15. The molecule has 0 radical (unpaired) electrons. The van der Waals surface area contributed by atoms with Gasteiger partial charge >= 0.3 is 0 Å². The summed E-state index contributed by atoms with van der Waals surface area (Å²) < 4.78 is 13.4. The SMILES string of the molecule is CC(C)C[C@@H](N)C(=O)Nc1ccc2ncnc(Nc3ccc(F)c(Cl)c3)c2c1. The molecule has 3 aromatic rings. The van der Waals surface area contributed by atoms with Gasteiger partial charge < -0.3 is 16.4 Å². The average Bonchev–Trinajstić information content (AvgIpc) is 2.64. The molecular formula is C20H21ClFN5O. The fraction of sp³-hybridized carbons (Fsp3) is 0.250. The second kappa shape index (κ2) is 8.50. The summed E-state index contributed by atoms with van der Waals surface area (Å²) in [6, 6.07) is 9.03. The van der Waals surface area contributed by atoms with E-state index in [1.807, 2.05) is 13.8 Å². The maximum absolute atomic E-state index is 13.4. The highest BCUT2D eigenvalue weighted by atomic mass is 35.5. The van der Waals surface area contributed by atoms with Gasteiger partial charge in [-0.05, 0) is 48.7 Å². The molecule has 1 heterocycles. The number of hydrogen-bond donors (Lipinski definition) is 3. The zero-order valence-electron chi connectivity index (χ0n) is 15.5. The molecule has 1 aromatic heterocycles. The fourth-order valence-electron chi connectivity index (χ4n) is 2.79. The molecule has 3 rings (SSSR count). The Labute approximate surface area is 167 Å². The first-order valence-electron chi connectivity index (χ1n) is 8.86. The Morgan fingerprint density at radius 1 is 1.18 bits per heavy atom. The van der Waals surface area contributed by atoms with Gasteiger partial charge in [0.2, 0.25) is 5.91 Å². The van der Waals surface area contributed by atoms with Gasteiger partial charge in [-0.1, -0.05) is 25.4 Å². The van der Waals surface area contributed by atoms with E-state index < -0.39 is 11.9 Å². The Hall–Kier alpha value is -2.77. The van der Waals surface area contributed by atoms with Gasteiger partial charge in [0.25, 0.3) is 0 Å². The summed E-state index contributed by atoms with van der Waals surface area (Å²) in [4.78, 5) is 20.8. The summed E-state index contributed by atoms with van der Waals surface area (Å²) >= 11 is 5.84. The number of halogens is 2. The van der Waals surface area contributed by atoms with Crippen LogP contribution in [0.1, 0.15) is 20.3 Å². The van der Waals surface area contributed by atoms with Crippen molar-refractivity contribution in [3.8, 4) is 0 Å². The van der Waals surface area contributed by atoms with Crippen molar-refractivity contribution in [1.29, 1.82) is 0 Å². The quantitative estimate of drug-likeness (QED) is 0.566. The summed E-state index contributed by atoms with van der Waals surface area (Å²) in [5.41, 5.74) is 7.81. The molecule has 4 N–H and O–H groups in total. The summed E-state index contributed by atoms with van der Waals surface area (Å²) in [6.45, 7) is 4.03. The third-order valence-corrected chi connectivity index (χ3v) is 4.44. The van der Waals surface area contributed by atoms with Crippen LogP contribution in [0, 0.1) is 11.7 Å². The number of anilines is 3. The molecular weight excluding hydrogens is 381 g/mol. The first kappa shape index (κ1) is 20.0. The van der Waals surface area contributed by atoms with Gasteiger partial charge in [-0.3, -0.25) is 4.79 Å². The lowest BCUT2D eigenvalue weighted by Gasteiger charge is -2.15. The zero-order valence-corrected chi connectivity index (χ0v) is 16.3. The second-order valence-corrected chi connectivity index (χ2v) is 7.34. The van der Waals surface area contributed by atoms with Crippen molar-refractivity contribution in [3.63, 3.8) is 0 Å². The summed E-state index contributed by atoms with van der Waals surface area (Å²) in [5, 5.41) is 6.64. The van der Waals surface area contributed by atoms with E-state index in [0.29, 0.717) is 40.4 Å². The van der Waals surface area contributed by atoms with Crippen LogP contribution in [0.4, 0.5) is 21.6 Å². The van der Waals surface area contributed by atoms with Crippen LogP contribution in [-0.2, 0) is 4.79 Å². The molecule has 1 atom stereocenters. The van der Waals surface area contributed by atoms with E-state index in [4.69, 9.17) is 17.3 Å². The van der Waals surface area contributed by atoms with Gasteiger partial charge in [-0.25, -0.2) is 14.4 Å². The van der Waals surface area contributed by atoms with E-state index in [1.165, 1.54) is 18.5 Å². The van der Waals surface area contributed by atoms with E-state index in [0.717, 1.165) is 0 Å². The van der Waals surface area contributed by atoms with Crippen molar-refractivity contribution in [3.05, 3.63) is 53.6 Å². The molecule has 0 aliphatic rings. The number of carbonyl (C=O) groups is 1. The molecule has 28 heavy (non-hydrogen) atoms. The lowest BCUT2D eigenvalue weighted by Crippen LogP contribution is -2.36. The Morgan fingerprint density at radius 2 is 1.93 bits per heavy atom. The lowest BCUT2D eigenvalue weighted by atomic mass is 10.0. The van der Waals surface area contributed by atoms with Crippen molar-refractivity contribution in [2.75, 3.05) is 10.6 Å². The Balaban J connectivity index is 1.87. The van der Waals surface area contributed by atoms with E-state index in [9.17, 15) is 9.18 Å². The maximum Gasteiger partial charge on any atom is 0.241 e. The molecule has 146 valence electrons. The molecule has 0 fully saturated rings. The minimum Gasteiger partial charge on any atom is -0.340 e. The maximum atomic E-state index is 13.4. The van der Waals surface area contributed by atoms with Crippen molar-refractivity contribution in [2.45, 2.75) is 26.3 Å². The van der Waals surface area contributed by atoms with Crippen LogP contribution in [0.2, 0.25) is 5.02 Å². The smallest absolute Gasteiger partial charge is 0.241 e. The van der Waals surface area contributed by atoms with Gasteiger partial charge in [0.05, 0.1) is 16.6 Å². The van der Waals surface area contributed by atoms with Crippen LogP contribution < -0.4 is 16.4 Å². The van der Waals surface area contributed by atoms with E-state index in [1.54, 1.807) is 24.3 Å². The minimum absolute atomic E-state index is 0.00968. The lowest BCUT2D eigenvalue weighted by molar-refractivity contribution is -0.117. The van der Waals surface area contributed by atoms with E-state index in [2.05, 4.69) is 20.6 Å². The number of benzene rings is 2. The van der Waals surface area contributed by atoms with Crippen LogP contribution in [0.3, 0.4) is 0 Å². The predicted octanol–water partition coefficient (Wildman–Crippen LogP) is 4.48. The highest BCUT2D eigenvalue weighted by Crippen LogP contribution is 2.27. The highest BCUT2D eigenvalue weighted by molar-refractivity contribution is 6.31. The first-order valence-corrected chi connectivity index (χ1v) is 9.24. The number of hydrogen-bond acceptors (Lipinski definition) is 5. The van der Waals surface area contributed by atoms with Crippen molar-refractivity contribution < 1.29 is 9.18 Å². The molecule has 0 aliphatic carbocycles. The number of carbonyl (C=O) groups excluding carboxylic acids is 1. The predicted molar refractivity (Wildman–Crippen MR) is 110 cm³/mol. The number of rotatable bonds is 6. The molecule has 0 aliphatic heterocycles. The molecule has 1 amide bonds. The second-order valence-electron chi connectivity index (χ2n) is 6.93. The molecule has 0 saturated heterocycles. The van der Waals surface area contributed by atoms with Crippen LogP contribution >= 0.6 is 11.6 Å². The van der Waals surface area contributed by atoms with Gasteiger partial charge in [-0.2, -0.15) is 0 Å². The van der Waals surface area contributed by atoms with Crippen LogP contribution in [-0.4, -0.2) is 21.9 Å². The van der Waals surface area contributed by atoms with Crippen LogP contribution in [0.15, 0.2) is 42.7 Å². The monoisotopic (exact) mass is 401 g/mol. The summed E-state index contributed by atoms with van der Waals surface area (Å²) in [6.07, 6.45) is 2.02. The van der Waals surface area contributed by atoms with E-state index >= 15 is 0 Å². The van der Waals surface area contributed by atoms with Gasteiger partial charge in [-0.15, -0.1) is 0 Å². The molecule has 0 saturated carbocycles. The Morgan fingerprint density at radius 3 is 2.64 bits per heavy atom. The van der Waals surface area contributed by atoms with Crippen molar-refractivity contribution in [2.24, 2.45) is 11.7 Å². The zero-order chi connectivity index (χ0) is 20.3. The molecule has 6 nitrogen and oxygen atoms in total. The standard InChI is InChI=1S/C20H21ClFN5O/c1-11(2)7-17(23)20(28)27-12-4-6-18-14(8-12)19(25-10-24-18)26-13-3-5-16(22)15(21)9-13/h3-6,8-11,17H,7,23H2,1-2H3,(H,27,28)(H,24,25,26)/t17-/m1/s1. The third kappa shape index (κ3) is 4.74. The number of nitrogens with two attached hydrogens (primary N) is 1.